The molecule has 0 spiro atoms. The van der Waals surface area contributed by atoms with Gasteiger partial charge in [-0.1, -0.05) is 26.0 Å². The van der Waals surface area contributed by atoms with Gasteiger partial charge in [0.2, 0.25) is 0 Å². The van der Waals surface area contributed by atoms with E-state index in [0.717, 1.165) is 9.99 Å². The van der Waals surface area contributed by atoms with Gasteiger partial charge in [0.15, 0.2) is 11.5 Å². The number of halogens is 1. The Kier molecular flexibility index (Phi) is 7.90. The van der Waals surface area contributed by atoms with Crippen molar-refractivity contribution in [2.75, 3.05) is 13.7 Å². The molecule has 2 rings (SSSR count). The molecular formula is C20H23IN2O4. The molecule has 0 heterocycles. The number of methoxy groups -OCH3 is 1. The lowest BCUT2D eigenvalue weighted by molar-refractivity contribution is 0.0846. The molecule has 0 aliphatic carbocycles. The fourth-order valence-electron chi connectivity index (χ4n) is 2.23. The van der Waals surface area contributed by atoms with Gasteiger partial charge in [0.05, 0.1) is 19.3 Å². The lowest BCUT2D eigenvalue weighted by Gasteiger charge is -2.13. The maximum atomic E-state index is 12.3. The molecule has 0 radical (unpaired) electrons. The van der Waals surface area contributed by atoms with Gasteiger partial charge in [-0.3, -0.25) is 20.4 Å². The van der Waals surface area contributed by atoms with Crippen LogP contribution in [0.3, 0.4) is 0 Å². The monoisotopic (exact) mass is 482 g/mol. The molecule has 2 aromatic rings. The molecule has 7 heteroatoms. The minimum absolute atomic E-state index is 0.353. The lowest BCUT2D eigenvalue weighted by Crippen LogP contribution is -2.41. The van der Waals surface area contributed by atoms with Gasteiger partial charge >= 0.3 is 0 Å². The molecule has 0 unspecified atom stereocenters. The minimum Gasteiger partial charge on any atom is -0.493 e. The number of benzene rings is 2. The van der Waals surface area contributed by atoms with E-state index < -0.39 is 5.91 Å². The highest BCUT2D eigenvalue weighted by Crippen LogP contribution is 2.28. The van der Waals surface area contributed by atoms with Crippen molar-refractivity contribution in [1.29, 1.82) is 0 Å². The summed E-state index contributed by atoms with van der Waals surface area (Å²) in [5.41, 5.74) is 5.68. The summed E-state index contributed by atoms with van der Waals surface area (Å²) in [6.45, 7) is 4.82. The molecule has 0 saturated carbocycles. The smallest absolute Gasteiger partial charge is 0.270 e. The molecule has 0 aliphatic rings. The average Bonchev–Trinajstić information content (AvgIpc) is 2.66. The normalized spacial score (nSPS) is 10.4. The SMILES string of the molecule is COc1cc(C(=O)NNC(=O)c2ccccc2I)ccc1OCCC(C)C. The van der Waals surface area contributed by atoms with E-state index in [1.807, 2.05) is 12.1 Å². The zero-order chi connectivity index (χ0) is 19.8. The number of carbonyl (C=O) groups is 2. The maximum absolute atomic E-state index is 12.3. The van der Waals surface area contributed by atoms with Crippen LogP contribution in [-0.4, -0.2) is 25.5 Å². The standard InChI is InChI=1S/C20H23IN2O4/c1-13(2)10-11-27-17-9-8-14(12-18(17)26-3)19(24)22-23-20(25)15-6-4-5-7-16(15)21/h4-9,12-13H,10-11H2,1-3H3,(H,22,24)(H,23,25). The summed E-state index contributed by atoms with van der Waals surface area (Å²) in [7, 11) is 1.52. The highest BCUT2D eigenvalue weighted by molar-refractivity contribution is 14.1. The molecule has 0 fully saturated rings. The van der Waals surface area contributed by atoms with E-state index in [1.54, 1.807) is 30.3 Å². The van der Waals surface area contributed by atoms with Gasteiger partial charge in [-0.25, -0.2) is 0 Å². The molecule has 0 aromatic heterocycles. The van der Waals surface area contributed by atoms with Crippen LogP contribution in [0.2, 0.25) is 0 Å². The predicted molar refractivity (Wildman–Crippen MR) is 112 cm³/mol. The zero-order valence-electron chi connectivity index (χ0n) is 15.5. The number of hydrazine groups is 1. The van der Waals surface area contributed by atoms with Crippen LogP contribution in [0.15, 0.2) is 42.5 Å². The predicted octanol–water partition coefficient (Wildman–Crippen LogP) is 3.80. The number of hydrogen-bond donors (Lipinski definition) is 2. The Balaban J connectivity index is 1.99. The summed E-state index contributed by atoms with van der Waals surface area (Å²) in [4.78, 5) is 24.5. The Hall–Kier alpha value is -2.29. The summed E-state index contributed by atoms with van der Waals surface area (Å²) in [6.07, 6.45) is 0.926. The van der Waals surface area contributed by atoms with Crippen molar-refractivity contribution in [3.8, 4) is 11.5 Å². The molecule has 0 atom stereocenters. The van der Waals surface area contributed by atoms with Crippen molar-refractivity contribution >= 4 is 34.4 Å². The first-order chi connectivity index (χ1) is 12.9. The highest BCUT2D eigenvalue weighted by Gasteiger charge is 2.14. The molecule has 2 amide bonds. The summed E-state index contributed by atoms with van der Waals surface area (Å²) in [5, 5.41) is 0. The number of ether oxygens (including phenoxy) is 2. The molecule has 0 bridgehead atoms. The third-order valence-corrected chi connectivity index (χ3v) is 4.73. The second-order valence-electron chi connectivity index (χ2n) is 6.28. The van der Waals surface area contributed by atoms with Crippen molar-refractivity contribution in [3.05, 3.63) is 57.2 Å². The molecule has 27 heavy (non-hydrogen) atoms. The number of nitrogens with one attached hydrogen (secondary N) is 2. The van der Waals surface area contributed by atoms with E-state index in [2.05, 4.69) is 47.3 Å². The number of carbonyl (C=O) groups excluding carboxylic acids is 2. The zero-order valence-corrected chi connectivity index (χ0v) is 17.7. The van der Waals surface area contributed by atoms with E-state index in [-0.39, 0.29) is 5.91 Å². The van der Waals surface area contributed by atoms with E-state index in [1.165, 1.54) is 7.11 Å². The van der Waals surface area contributed by atoms with Gasteiger partial charge < -0.3 is 9.47 Å². The largest absolute Gasteiger partial charge is 0.493 e. The Bertz CT molecular complexity index is 808. The Labute approximate surface area is 172 Å². The van der Waals surface area contributed by atoms with Gasteiger partial charge in [-0.15, -0.1) is 0 Å². The molecular weight excluding hydrogens is 459 g/mol. The van der Waals surface area contributed by atoms with Crippen molar-refractivity contribution in [3.63, 3.8) is 0 Å². The number of amides is 2. The van der Waals surface area contributed by atoms with Crippen LogP contribution in [0, 0.1) is 9.49 Å². The van der Waals surface area contributed by atoms with Gasteiger partial charge in [-0.2, -0.15) is 0 Å². The first kappa shape index (κ1) is 21.0. The Morgan fingerprint density at radius 3 is 2.41 bits per heavy atom. The fourth-order valence-corrected chi connectivity index (χ4v) is 2.86. The van der Waals surface area contributed by atoms with Crippen LogP contribution in [0.25, 0.3) is 0 Å². The minimum atomic E-state index is -0.443. The van der Waals surface area contributed by atoms with Crippen LogP contribution in [-0.2, 0) is 0 Å². The van der Waals surface area contributed by atoms with E-state index >= 15 is 0 Å². The second-order valence-corrected chi connectivity index (χ2v) is 7.45. The molecule has 2 aromatic carbocycles. The van der Waals surface area contributed by atoms with Crippen LogP contribution in [0.5, 0.6) is 11.5 Å². The molecule has 0 aliphatic heterocycles. The van der Waals surface area contributed by atoms with Gasteiger partial charge in [-0.05, 0) is 65.3 Å². The topological polar surface area (TPSA) is 76.7 Å². The van der Waals surface area contributed by atoms with Gasteiger partial charge in [0.1, 0.15) is 0 Å². The van der Waals surface area contributed by atoms with Crippen molar-refractivity contribution in [1.82, 2.24) is 10.9 Å². The van der Waals surface area contributed by atoms with Crippen LogP contribution in [0.1, 0.15) is 41.0 Å². The summed E-state index contributed by atoms with van der Waals surface area (Å²) < 4.78 is 11.8. The van der Waals surface area contributed by atoms with Crippen molar-refractivity contribution in [2.24, 2.45) is 5.92 Å². The maximum Gasteiger partial charge on any atom is 0.270 e. The lowest BCUT2D eigenvalue weighted by atomic mass is 10.1. The summed E-state index contributed by atoms with van der Waals surface area (Å²) >= 11 is 2.07. The average molecular weight is 482 g/mol. The van der Waals surface area contributed by atoms with E-state index in [4.69, 9.17) is 9.47 Å². The number of rotatable bonds is 7. The summed E-state index contributed by atoms with van der Waals surface area (Å²) in [6, 6.07) is 12.0. The Morgan fingerprint density at radius 1 is 1.04 bits per heavy atom. The summed E-state index contributed by atoms with van der Waals surface area (Å²) in [5.74, 6) is 0.764. The van der Waals surface area contributed by atoms with Gasteiger partial charge in [0, 0.05) is 9.13 Å². The van der Waals surface area contributed by atoms with E-state index in [9.17, 15) is 9.59 Å². The van der Waals surface area contributed by atoms with E-state index in [0.29, 0.717) is 35.2 Å². The fraction of sp³-hybridized carbons (Fsp3) is 0.300. The third kappa shape index (κ3) is 6.13. The quantitative estimate of drug-likeness (QED) is 0.465. The third-order valence-electron chi connectivity index (χ3n) is 3.79. The first-order valence-electron chi connectivity index (χ1n) is 8.58. The first-order valence-corrected chi connectivity index (χ1v) is 9.66. The molecule has 144 valence electrons. The molecule has 0 saturated heterocycles. The van der Waals surface area contributed by atoms with Crippen LogP contribution in [0.4, 0.5) is 0 Å². The second kappa shape index (κ2) is 10.1. The molecule has 2 N–H and O–H groups in total. The van der Waals surface area contributed by atoms with Crippen molar-refractivity contribution in [2.45, 2.75) is 20.3 Å². The Morgan fingerprint density at radius 2 is 1.74 bits per heavy atom. The van der Waals surface area contributed by atoms with Crippen molar-refractivity contribution < 1.29 is 19.1 Å². The van der Waals surface area contributed by atoms with Gasteiger partial charge in [0.25, 0.3) is 11.8 Å². The van der Waals surface area contributed by atoms with Crippen LogP contribution < -0.4 is 20.3 Å². The van der Waals surface area contributed by atoms with Crippen LogP contribution >= 0.6 is 22.6 Å². The highest BCUT2D eigenvalue weighted by atomic mass is 127. The number of hydrogen-bond acceptors (Lipinski definition) is 4. The molecule has 6 nitrogen and oxygen atoms in total.